The Morgan fingerprint density at radius 1 is 1.21 bits per heavy atom. The van der Waals surface area contributed by atoms with Gasteiger partial charge in [-0.1, -0.05) is 65.6 Å². The number of benzene rings is 2. The van der Waals surface area contributed by atoms with Gasteiger partial charge in [0.25, 0.3) is 5.91 Å². The number of amides is 2. The number of hydrogen-bond acceptors (Lipinski definition) is 6. The molecule has 29 heavy (non-hydrogen) atoms. The molecule has 0 aliphatic carbocycles. The Kier molecular flexibility index (Phi) is 5.70. The van der Waals surface area contributed by atoms with Crippen molar-refractivity contribution >= 4 is 72.9 Å². The fourth-order valence-corrected chi connectivity index (χ4v) is 4.93. The lowest BCUT2D eigenvalue weighted by Gasteiger charge is -2.13. The zero-order valence-electron chi connectivity index (χ0n) is 14.9. The lowest BCUT2D eigenvalue weighted by atomic mass is 10.2. The van der Waals surface area contributed by atoms with Gasteiger partial charge in [0.1, 0.15) is 10.1 Å². The Morgan fingerprint density at radius 2 is 1.97 bits per heavy atom. The van der Waals surface area contributed by atoms with Gasteiger partial charge in [0, 0.05) is 18.5 Å². The van der Waals surface area contributed by atoms with Gasteiger partial charge in [-0.3, -0.25) is 14.5 Å². The second-order valence-electron chi connectivity index (χ2n) is 6.14. The number of thiazole rings is 1. The number of aromatic nitrogens is 1. The lowest BCUT2D eigenvalue weighted by molar-refractivity contribution is -0.122. The summed E-state index contributed by atoms with van der Waals surface area (Å²) in [6, 6.07) is 13.8. The van der Waals surface area contributed by atoms with Crippen molar-refractivity contribution in [1.29, 1.82) is 0 Å². The minimum Gasteiger partial charge on any atom is -0.302 e. The quantitative estimate of drug-likeness (QED) is 0.459. The first kappa shape index (κ1) is 19.7. The van der Waals surface area contributed by atoms with Crippen molar-refractivity contribution in [2.24, 2.45) is 0 Å². The molecule has 1 saturated heterocycles. The minimum absolute atomic E-state index is 0.0787. The molecule has 2 amide bonds. The minimum atomic E-state index is -0.409. The van der Waals surface area contributed by atoms with E-state index in [0.717, 1.165) is 22.0 Å². The van der Waals surface area contributed by atoms with Gasteiger partial charge in [-0.15, -0.1) is 0 Å². The summed E-state index contributed by atoms with van der Waals surface area (Å²) in [4.78, 5) is 31.0. The summed E-state index contributed by atoms with van der Waals surface area (Å²) in [5, 5.41) is 3.27. The summed E-state index contributed by atoms with van der Waals surface area (Å²) in [6.07, 6.45) is 1.56. The molecule has 0 spiro atoms. The average molecular weight is 444 g/mol. The maximum Gasteiger partial charge on any atom is 0.266 e. The highest BCUT2D eigenvalue weighted by Gasteiger charge is 2.32. The largest absolute Gasteiger partial charge is 0.302 e. The third-order valence-electron chi connectivity index (χ3n) is 4.17. The van der Waals surface area contributed by atoms with E-state index in [2.05, 4.69) is 10.3 Å². The van der Waals surface area contributed by atoms with Gasteiger partial charge in [0.05, 0.1) is 15.1 Å². The van der Waals surface area contributed by atoms with Crippen LogP contribution in [0.2, 0.25) is 0 Å². The highest BCUT2D eigenvalue weighted by atomic mass is 32.2. The van der Waals surface area contributed by atoms with Gasteiger partial charge in [-0.05, 0) is 24.3 Å². The maximum atomic E-state index is 13.8. The molecule has 1 aliphatic rings. The van der Waals surface area contributed by atoms with E-state index in [9.17, 15) is 14.0 Å². The monoisotopic (exact) mass is 443 g/mol. The number of nitrogens with one attached hydrogen (secondary N) is 1. The molecular formula is C20H14FN3O2S3. The Bertz CT molecular complexity index is 1130. The number of carbonyl (C=O) groups is 2. The number of para-hydroxylation sites is 1. The fourth-order valence-electron chi connectivity index (χ4n) is 2.75. The summed E-state index contributed by atoms with van der Waals surface area (Å²) in [7, 11) is 0. The summed E-state index contributed by atoms with van der Waals surface area (Å²) >= 11 is 7.75. The molecule has 1 fully saturated rings. The van der Waals surface area contributed by atoms with Crippen LogP contribution in [0.1, 0.15) is 12.0 Å². The molecule has 1 aliphatic heterocycles. The fraction of sp³-hybridized carbons (Fsp3) is 0.100. The molecule has 4 rings (SSSR count). The predicted octanol–water partition coefficient (Wildman–Crippen LogP) is 4.67. The Morgan fingerprint density at radius 3 is 2.76 bits per heavy atom. The molecule has 0 radical (unpaired) electrons. The Hall–Kier alpha value is -2.62. The van der Waals surface area contributed by atoms with E-state index in [1.807, 2.05) is 24.3 Å². The molecule has 2 aromatic carbocycles. The number of thioether (sulfide) groups is 1. The molecule has 1 N–H and O–H groups in total. The van der Waals surface area contributed by atoms with Crippen molar-refractivity contribution < 1.29 is 14.0 Å². The number of halogens is 1. The van der Waals surface area contributed by atoms with E-state index in [-0.39, 0.29) is 24.8 Å². The summed E-state index contributed by atoms with van der Waals surface area (Å²) < 4.78 is 15.2. The first-order chi connectivity index (χ1) is 14.0. The van der Waals surface area contributed by atoms with Crippen molar-refractivity contribution in [2.75, 3.05) is 11.9 Å². The number of thiocarbonyl (C=S) groups is 1. The number of carbonyl (C=O) groups excluding carboxylic acids is 2. The van der Waals surface area contributed by atoms with Crippen LogP contribution in [0, 0.1) is 5.82 Å². The normalized spacial score (nSPS) is 15.5. The lowest BCUT2D eigenvalue weighted by Crippen LogP contribution is -2.31. The molecule has 3 aromatic rings. The van der Waals surface area contributed by atoms with Crippen molar-refractivity contribution in [2.45, 2.75) is 6.42 Å². The number of nitrogens with zero attached hydrogens (tertiary/aromatic N) is 2. The molecule has 0 atom stereocenters. The van der Waals surface area contributed by atoms with Crippen LogP contribution in [0.15, 0.2) is 53.4 Å². The van der Waals surface area contributed by atoms with Gasteiger partial charge in [0.2, 0.25) is 5.91 Å². The topological polar surface area (TPSA) is 62.3 Å². The molecular weight excluding hydrogens is 429 g/mol. The van der Waals surface area contributed by atoms with Crippen LogP contribution in [-0.4, -0.2) is 32.6 Å². The summed E-state index contributed by atoms with van der Waals surface area (Å²) in [5.41, 5.74) is 1.14. The van der Waals surface area contributed by atoms with E-state index in [1.54, 1.807) is 18.2 Å². The number of fused-ring (bicyclic) bond motifs is 1. The van der Waals surface area contributed by atoms with Crippen molar-refractivity contribution in [1.82, 2.24) is 9.88 Å². The molecule has 0 bridgehead atoms. The van der Waals surface area contributed by atoms with E-state index in [0.29, 0.717) is 19.9 Å². The second kappa shape index (κ2) is 8.40. The van der Waals surface area contributed by atoms with Gasteiger partial charge in [0.15, 0.2) is 5.13 Å². The van der Waals surface area contributed by atoms with Crippen LogP contribution in [0.5, 0.6) is 0 Å². The smallest absolute Gasteiger partial charge is 0.266 e. The van der Waals surface area contributed by atoms with Gasteiger partial charge in [-0.2, -0.15) is 0 Å². The second-order valence-corrected chi connectivity index (χ2v) is 8.85. The zero-order chi connectivity index (χ0) is 20.4. The standard InChI is InChI=1S/C20H14FN3O2S3/c21-13-6-2-1-5-12(13)11-16-18(26)24(20(27)29-16)10-9-17(25)23-19-22-14-7-3-4-8-15(14)28-19/h1-8,11H,9-10H2,(H,22,23,25). The first-order valence-electron chi connectivity index (χ1n) is 8.66. The Labute approximate surface area is 179 Å². The molecule has 0 unspecified atom stereocenters. The van der Waals surface area contributed by atoms with Crippen LogP contribution in [0.3, 0.4) is 0 Å². The summed E-state index contributed by atoms with van der Waals surface area (Å²) in [5.74, 6) is -0.986. The van der Waals surface area contributed by atoms with Crippen LogP contribution in [0.4, 0.5) is 9.52 Å². The maximum absolute atomic E-state index is 13.8. The first-order valence-corrected chi connectivity index (χ1v) is 10.7. The number of rotatable bonds is 5. The highest BCUT2D eigenvalue weighted by Crippen LogP contribution is 2.33. The zero-order valence-corrected chi connectivity index (χ0v) is 17.4. The van der Waals surface area contributed by atoms with E-state index < -0.39 is 5.82 Å². The molecule has 146 valence electrons. The third-order valence-corrected chi connectivity index (χ3v) is 6.50. The van der Waals surface area contributed by atoms with Crippen LogP contribution >= 0.6 is 35.3 Å². The van der Waals surface area contributed by atoms with Crippen LogP contribution in [-0.2, 0) is 9.59 Å². The van der Waals surface area contributed by atoms with E-state index >= 15 is 0 Å². The van der Waals surface area contributed by atoms with Crippen LogP contribution < -0.4 is 5.32 Å². The molecule has 9 heteroatoms. The van der Waals surface area contributed by atoms with Crippen molar-refractivity contribution in [3.8, 4) is 0 Å². The molecule has 5 nitrogen and oxygen atoms in total. The van der Waals surface area contributed by atoms with Crippen LogP contribution in [0.25, 0.3) is 16.3 Å². The van der Waals surface area contributed by atoms with Gasteiger partial charge >= 0.3 is 0 Å². The summed E-state index contributed by atoms with van der Waals surface area (Å²) in [6.45, 7) is 0.149. The number of anilines is 1. The molecule has 0 saturated carbocycles. The SMILES string of the molecule is O=C(CCN1C(=O)C(=Cc2ccccc2F)SC1=S)Nc1nc2ccccc2s1. The van der Waals surface area contributed by atoms with E-state index in [4.69, 9.17) is 12.2 Å². The highest BCUT2D eigenvalue weighted by molar-refractivity contribution is 8.26. The third kappa shape index (κ3) is 4.36. The van der Waals surface area contributed by atoms with Crippen molar-refractivity contribution in [3.63, 3.8) is 0 Å². The van der Waals surface area contributed by atoms with Gasteiger partial charge in [-0.25, -0.2) is 9.37 Å². The molecule has 1 aromatic heterocycles. The van der Waals surface area contributed by atoms with Gasteiger partial charge < -0.3 is 5.32 Å². The van der Waals surface area contributed by atoms with E-state index in [1.165, 1.54) is 28.4 Å². The number of hydrogen-bond donors (Lipinski definition) is 1. The average Bonchev–Trinajstić information content (AvgIpc) is 3.22. The Balaban J connectivity index is 1.39. The van der Waals surface area contributed by atoms with Crippen molar-refractivity contribution in [3.05, 3.63) is 64.8 Å². The predicted molar refractivity (Wildman–Crippen MR) is 119 cm³/mol. The molecule has 2 heterocycles.